The molecular formula is C22H22O3S. The lowest BCUT2D eigenvalue weighted by atomic mass is 10.1. The van der Waals surface area contributed by atoms with Gasteiger partial charge in [-0.25, -0.2) is 0 Å². The number of aryl methyl sites for hydroxylation is 4. The van der Waals surface area contributed by atoms with Gasteiger partial charge in [0.15, 0.2) is 5.78 Å². The molecule has 3 aromatic rings. The van der Waals surface area contributed by atoms with Gasteiger partial charge in [-0.2, -0.15) is 0 Å². The van der Waals surface area contributed by atoms with E-state index in [2.05, 4.69) is 6.07 Å². The molecule has 0 radical (unpaired) electrons. The molecule has 0 aliphatic carbocycles. The lowest BCUT2D eigenvalue weighted by molar-refractivity contribution is 0.104. The Morgan fingerprint density at radius 1 is 1.08 bits per heavy atom. The van der Waals surface area contributed by atoms with Gasteiger partial charge in [-0.05, 0) is 81.3 Å². The fourth-order valence-electron chi connectivity index (χ4n) is 2.86. The molecule has 0 aliphatic rings. The molecular weight excluding hydrogens is 344 g/mol. The third-order valence-electron chi connectivity index (χ3n) is 3.96. The first-order valence-corrected chi connectivity index (χ1v) is 9.31. The zero-order valence-corrected chi connectivity index (χ0v) is 16.3. The van der Waals surface area contributed by atoms with E-state index in [-0.39, 0.29) is 5.78 Å². The maximum absolute atomic E-state index is 12.3. The van der Waals surface area contributed by atoms with Gasteiger partial charge in [-0.15, -0.1) is 11.3 Å². The second kappa shape index (κ2) is 7.75. The number of furan rings is 1. The number of allylic oxidation sites excluding steroid dienone is 1. The van der Waals surface area contributed by atoms with Gasteiger partial charge in [0.25, 0.3) is 0 Å². The van der Waals surface area contributed by atoms with Crippen LogP contribution in [0.25, 0.3) is 6.08 Å². The summed E-state index contributed by atoms with van der Waals surface area (Å²) in [7, 11) is 0. The van der Waals surface area contributed by atoms with Crippen molar-refractivity contribution in [1.82, 2.24) is 0 Å². The Morgan fingerprint density at radius 2 is 1.81 bits per heavy atom. The number of ether oxygens (including phenoxy) is 1. The van der Waals surface area contributed by atoms with Crippen molar-refractivity contribution in [2.45, 2.75) is 34.3 Å². The molecule has 134 valence electrons. The van der Waals surface area contributed by atoms with Gasteiger partial charge in [0.2, 0.25) is 0 Å². The number of carbonyl (C=O) groups is 1. The van der Waals surface area contributed by atoms with Crippen molar-refractivity contribution in [3.8, 4) is 5.75 Å². The van der Waals surface area contributed by atoms with Gasteiger partial charge >= 0.3 is 0 Å². The summed E-state index contributed by atoms with van der Waals surface area (Å²) in [6.45, 7) is 8.42. The highest BCUT2D eigenvalue weighted by atomic mass is 32.1. The Labute approximate surface area is 157 Å². The molecule has 0 atom stereocenters. The van der Waals surface area contributed by atoms with Crippen LogP contribution in [0, 0.1) is 27.7 Å². The number of rotatable bonds is 6. The van der Waals surface area contributed by atoms with Crippen molar-refractivity contribution in [2.75, 3.05) is 0 Å². The maximum atomic E-state index is 12.3. The predicted molar refractivity (Wildman–Crippen MR) is 106 cm³/mol. The summed E-state index contributed by atoms with van der Waals surface area (Å²) in [5.74, 6) is 2.19. The second-order valence-electron chi connectivity index (χ2n) is 6.44. The number of thiophene rings is 1. The average Bonchev–Trinajstić information content (AvgIpc) is 3.16. The quantitative estimate of drug-likeness (QED) is 0.394. The summed E-state index contributed by atoms with van der Waals surface area (Å²) in [6, 6.07) is 11.7. The van der Waals surface area contributed by atoms with Crippen LogP contribution < -0.4 is 4.74 Å². The van der Waals surface area contributed by atoms with Crippen LogP contribution >= 0.6 is 11.3 Å². The number of benzene rings is 1. The molecule has 0 N–H and O–H groups in total. The molecule has 1 aromatic carbocycles. The zero-order chi connectivity index (χ0) is 18.7. The van der Waals surface area contributed by atoms with E-state index >= 15 is 0 Å². The Hall–Kier alpha value is -2.59. The molecule has 0 saturated carbocycles. The summed E-state index contributed by atoms with van der Waals surface area (Å²) in [5, 5.41) is 0. The van der Waals surface area contributed by atoms with E-state index in [9.17, 15) is 4.79 Å². The smallest absolute Gasteiger partial charge is 0.187 e. The molecule has 0 saturated heterocycles. The molecule has 3 rings (SSSR count). The normalized spacial score (nSPS) is 11.2. The van der Waals surface area contributed by atoms with Crippen LogP contribution in [0.3, 0.4) is 0 Å². The molecule has 26 heavy (non-hydrogen) atoms. The van der Waals surface area contributed by atoms with Crippen LogP contribution in [0.2, 0.25) is 0 Å². The Bertz CT molecular complexity index is 939. The predicted octanol–water partition coefficient (Wildman–Crippen LogP) is 6.05. The van der Waals surface area contributed by atoms with Crippen molar-refractivity contribution in [1.29, 1.82) is 0 Å². The number of hydrogen-bond acceptors (Lipinski definition) is 4. The Kier molecular flexibility index (Phi) is 5.43. The minimum Gasteiger partial charge on any atom is -0.486 e. The fourth-order valence-corrected chi connectivity index (χ4v) is 3.78. The van der Waals surface area contributed by atoms with E-state index < -0.39 is 0 Å². The van der Waals surface area contributed by atoms with Gasteiger partial charge < -0.3 is 9.15 Å². The molecule has 0 spiro atoms. The number of ketones is 1. The SMILES string of the molecule is Cc1cc(C)cc(OCc2ccc(/C=C/C(=O)c3cc(C)sc3C)o2)c1. The van der Waals surface area contributed by atoms with Gasteiger partial charge in [-0.1, -0.05) is 6.07 Å². The molecule has 0 fully saturated rings. The first-order chi connectivity index (χ1) is 12.4. The average molecular weight is 366 g/mol. The molecule has 3 nitrogen and oxygen atoms in total. The van der Waals surface area contributed by atoms with Gasteiger partial charge in [-0.3, -0.25) is 4.79 Å². The van der Waals surface area contributed by atoms with E-state index in [1.807, 2.05) is 58.0 Å². The topological polar surface area (TPSA) is 39.4 Å². The van der Waals surface area contributed by atoms with Crippen LogP contribution in [-0.4, -0.2) is 5.78 Å². The second-order valence-corrected chi connectivity index (χ2v) is 7.90. The molecule has 0 unspecified atom stereocenters. The van der Waals surface area contributed by atoms with Crippen molar-refractivity contribution in [2.24, 2.45) is 0 Å². The maximum Gasteiger partial charge on any atom is 0.187 e. The minimum atomic E-state index is -0.00344. The largest absolute Gasteiger partial charge is 0.486 e. The zero-order valence-electron chi connectivity index (χ0n) is 15.5. The Morgan fingerprint density at radius 3 is 2.46 bits per heavy atom. The van der Waals surface area contributed by atoms with E-state index in [4.69, 9.17) is 9.15 Å². The van der Waals surface area contributed by atoms with Crippen molar-refractivity contribution in [3.05, 3.63) is 80.4 Å². The number of hydrogen-bond donors (Lipinski definition) is 0. The molecule has 0 bridgehead atoms. The molecule has 0 aliphatic heterocycles. The van der Waals surface area contributed by atoms with E-state index in [1.165, 1.54) is 11.1 Å². The van der Waals surface area contributed by atoms with E-state index in [0.29, 0.717) is 12.4 Å². The lowest BCUT2D eigenvalue weighted by Crippen LogP contribution is -1.94. The van der Waals surface area contributed by atoms with Crippen LogP contribution in [-0.2, 0) is 6.61 Å². The Balaban J connectivity index is 1.62. The lowest BCUT2D eigenvalue weighted by Gasteiger charge is -2.06. The molecule has 2 heterocycles. The first-order valence-electron chi connectivity index (χ1n) is 8.50. The van der Waals surface area contributed by atoms with Crippen LogP contribution in [0.5, 0.6) is 5.75 Å². The minimum absolute atomic E-state index is 0.00344. The molecule has 0 amide bonds. The summed E-state index contributed by atoms with van der Waals surface area (Å²) in [4.78, 5) is 14.5. The first kappa shape index (κ1) is 18.2. The number of carbonyl (C=O) groups excluding carboxylic acids is 1. The monoisotopic (exact) mass is 366 g/mol. The highest BCUT2D eigenvalue weighted by molar-refractivity contribution is 7.12. The standard InChI is InChI=1S/C22H22O3S/c1-14-9-15(2)11-20(10-14)24-13-19-6-5-18(25-19)7-8-22(23)21-12-16(3)26-17(21)4/h5-12H,13H2,1-4H3/b8-7+. The van der Waals surface area contributed by atoms with Crippen LogP contribution in [0.4, 0.5) is 0 Å². The van der Waals surface area contributed by atoms with E-state index in [0.717, 1.165) is 26.8 Å². The molecule has 4 heteroatoms. The highest BCUT2D eigenvalue weighted by Gasteiger charge is 2.09. The fraction of sp³-hybridized carbons (Fsp3) is 0.227. The summed E-state index contributed by atoms with van der Waals surface area (Å²) in [5.41, 5.74) is 3.09. The van der Waals surface area contributed by atoms with Gasteiger partial charge in [0.1, 0.15) is 23.9 Å². The summed E-state index contributed by atoms with van der Waals surface area (Å²) >= 11 is 1.64. The van der Waals surface area contributed by atoms with Gasteiger partial charge in [0.05, 0.1) is 0 Å². The van der Waals surface area contributed by atoms with Crippen molar-refractivity contribution < 1.29 is 13.9 Å². The summed E-state index contributed by atoms with van der Waals surface area (Å²) in [6.07, 6.45) is 3.26. The van der Waals surface area contributed by atoms with Crippen LogP contribution in [0.1, 0.15) is 42.8 Å². The summed E-state index contributed by atoms with van der Waals surface area (Å²) < 4.78 is 11.5. The van der Waals surface area contributed by atoms with Crippen molar-refractivity contribution in [3.63, 3.8) is 0 Å². The van der Waals surface area contributed by atoms with Gasteiger partial charge in [0, 0.05) is 15.3 Å². The third kappa shape index (κ3) is 4.52. The van der Waals surface area contributed by atoms with E-state index in [1.54, 1.807) is 23.5 Å². The van der Waals surface area contributed by atoms with Crippen LogP contribution in [0.15, 0.2) is 46.9 Å². The highest BCUT2D eigenvalue weighted by Crippen LogP contribution is 2.22. The molecule has 2 aromatic heterocycles. The van der Waals surface area contributed by atoms with Crippen molar-refractivity contribution >= 4 is 23.2 Å². The third-order valence-corrected chi connectivity index (χ3v) is 4.93.